The van der Waals surface area contributed by atoms with Crippen LogP contribution in [0.1, 0.15) is 12.0 Å². The second-order valence-corrected chi connectivity index (χ2v) is 4.36. The van der Waals surface area contributed by atoms with Gasteiger partial charge in [0.1, 0.15) is 5.82 Å². The first kappa shape index (κ1) is 11.4. The highest BCUT2D eigenvalue weighted by Gasteiger charge is 2.29. The molecule has 2 rings (SSSR count). The Kier molecular flexibility index (Phi) is 3.12. The zero-order valence-corrected chi connectivity index (χ0v) is 9.25. The highest BCUT2D eigenvalue weighted by molar-refractivity contribution is 6.24. The molecule has 86 valence electrons. The topological polar surface area (TPSA) is 40.5 Å². The predicted molar refractivity (Wildman–Crippen MR) is 58.9 cm³/mol. The zero-order valence-electron chi connectivity index (χ0n) is 8.49. The van der Waals surface area contributed by atoms with Gasteiger partial charge < -0.3 is 10.0 Å². The van der Waals surface area contributed by atoms with E-state index >= 15 is 0 Å². The minimum atomic E-state index is -0.472. The summed E-state index contributed by atoms with van der Waals surface area (Å²) in [5, 5.41) is 8.74. The van der Waals surface area contributed by atoms with Crippen LogP contribution in [0.4, 0.5) is 10.1 Å². The summed E-state index contributed by atoms with van der Waals surface area (Å²) in [4.78, 5) is 13.1. The van der Waals surface area contributed by atoms with E-state index < -0.39 is 5.82 Å². The number of carbonyl (C=O) groups is 1. The molecule has 1 saturated heterocycles. The molecular formula is C11H11ClFNO2. The van der Waals surface area contributed by atoms with E-state index in [0.717, 1.165) is 0 Å². The van der Waals surface area contributed by atoms with Gasteiger partial charge >= 0.3 is 0 Å². The average Bonchev–Trinajstić information content (AvgIpc) is 2.59. The molecule has 3 nitrogen and oxygen atoms in total. The lowest BCUT2D eigenvalue weighted by molar-refractivity contribution is -0.117. The highest BCUT2D eigenvalue weighted by Crippen LogP contribution is 2.25. The molecule has 0 aliphatic carbocycles. The van der Waals surface area contributed by atoms with Crippen molar-refractivity contribution in [3.8, 4) is 0 Å². The number of rotatable bonds is 2. The van der Waals surface area contributed by atoms with E-state index in [1.807, 2.05) is 0 Å². The Labute approximate surface area is 97.4 Å². The number of amides is 1. The molecule has 0 spiro atoms. The van der Waals surface area contributed by atoms with Crippen LogP contribution in [-0.4, -0.2) is 22.9 Å². The average molecular weight is 244 g/mol. The molecule has 0 aromatic heterocycles. The number of halogens is 2. The molecule has 0 radical (unpaired) electrons. The molecule has 1 N–H and O–H groups in total. The van der Waals surface area contributed by atoms with Crippen LogP contribution >= 0.6 is 11.6 Å². The minimum absolute atomic E-state index is 0.0736. The Morgan fingerprint density at radius 3 is 2.88 bits per heavy atom. The quantitative estimate of drug-likeness (QED) is 0.803. The van der Waals surface area contributed by atoms with Gasteiger partial charge in [0.15, 0.2) is 0 Å². The lowest BCUT2D eigenvalue weighted by Crippen LogP contribution is -2.24. The largest absolute Gasteiger partial charge is 0.392 e. The van der Waals surface area contributed by atoms with Crippen LogP contribution in [0, 0.1) is 5.82 Å². The van der Waals surface area contributed by atoms with E-state index in [2.05, 4.69) is 0 Å². The number of benzene rings is 1. The lowest BCUT2D eigenvalue weighted by Gasteiger charge is -2.16. The van der Waals surface area contributed by atoms with E-state index in [9.17, 15) is 9.18 Å². The first-order valence-electron chi connectivity index (χ1n) is 4.95. The summed E-state index contributed by atoms with van der Waals surface area (Å²) < 4.78 is 13.1. The first-order chi connectivity index (χ1) is 7.61. The van der Waals surface area contributed by atoms with Crippen molar-refractivity contribution in [2.45, 2.75) is 18.4 Å². The summed E-state index contributed by atoms with van der Waals surface area (Å²) in [5.74, 6) is -0.546. The molecule has 1 aliphatic heterocycles. The molecule has 1 amide bonds. The maximum absolute atomic E-state index is 13.1. The van der Waals surface area contributed by atoms with Gasteiger partial charge in [-0.05, 0) is 18.2 Å². The van der Waals surface area contributed by atoms with Crippen molar-refractivity contribution in [1.29, 1.82) is 0 Å². The number of anilines is 1. The van der Waals surface area contributed by atoms with E-state index in [0.29, 0.717) is 18.7 Å². The molecule has 5 heteroatoms. The summed E-state index contributed by atoms with van der Waals surface area (Å²) in [6.07, 6.45) is 0.299. The van der Waals surface area contributed by atoms with E-state index in [1.54, 1.807) is 0 Å². The van der Waals surface area contributed by atoms with Crippen LogP contribution in [0.15, 0.2) is 18.2 Å². The standard InChI is InChI=1S/C11H11ClFNO2/c12-8-4-11(16)14(5-8)9-1-2-10(13)7(3-9)6-15/h1-3,8,15H,4-6H2. The van der Waals surface area contributed by atoms with Gasteiger partial charge in [-0.3, -0.25) is 4.79 Å². The minimum Gasteiger partial charge on any atom is -0.392 e. The third-order valence-electron chi connectivity index (χ3n) is 2.59. The number of aliphatic hydroxyl groups excluding tert-OH is 1. The third kappa shape index (κ3) is 2.03. The van der Waals surface area contributed by atoms with Gasteiger partial charge in [-0.15, -0.1) is 11.6 Å². The second-order valence-electron chi connectivity index (χ2n) is 3.74. The Hall–Kier alpha value is -1.13. The fourth-order valence-electron chi connectivity index (χ4n) is 1.76. The van der Waals surface area contributed by atoms with E-state index in [-0.39, 0.29) is 23.5 Å². The van der Waals surface area contributed by atoms with Crippen LogP contribution in [0.2, 0.25) is 0 Å². The molecule has 1 aromatic rings. The summed E-state index contributed by atoms with van der Waals surface area (Å²) in [7, 11) is 0. The maximum Gasteiger partial charge on any atom is 0.228 e. The molecular weight excluding hydrogens is 233 g/mol. The Bertz CT molecular complexity index is 424. The van der Waals surface area contributed by atoms with E-state index in [4.69, 9.17) is 16.7 Å². The summed E-state index contributed by atoms with van der Waals surface area (Å²) in [6, 6.07) is 4.24. The van der Waals surface area contributed by atoms with Crippen LogP contribution in [0.3, 0.4) is 0 Å². The lowest BCUT2D eigenvalue weighted by atomic mass is 10.2. The van der Waals surface area contributed by atoms with Gasteiger partial charge in [-0.2, -0.15) is 0 Å². The fraction of sp³-hybridized carbons (Fsp3) is 0.364. The summed E-state index contributed by atoms with van der Waals surface area (Å²) in [6.45, 7) is 0.0445. The first-order valence-corrected chi connectivity index (χ1v) is 5.39. The van der Waals surface area contributed by atoms with Gasteiger partial charge in [0.05, 0.1) is 12.0 Å². The SMILES string of the molecule is O=C1CC(Cl)CN1c1ccc(F)c(CO)c1. The summed E-state index contributed by atoms with van der Waals surface area (Å²) >= 11 is 5.87. The Morgan fingerprint density at radius 2 is 2.31 bits per heavy atom. The maximum atomic E-state index is 13.1. The number of alkyl halides is 1. The smallest absolute Gasteiger partial charge is 0.228 e. The van der Waals surface area contributed by atoms with Crippen molar-refractivity contribution in [3.63, 3.8) is 0 Å². The third-order valence-corrected chi connectivity index (χ3v) is 2.88. The van der Waals surface area contributed by atoms with Gasteiger partial charge in [0.25, 0.3) is 0 Å². The number of nitrogens with zero attached hydrogens (tertiary/aromatic N) is 1. The van der Waals surface area contributed by atoms with Crippen molar-refractivity contribution in [2.75, 3.05) is 11.4 Å². The second kappa shape index (κ2) is 4.39. The molecule has 0 saturated carbocycles. The number of carbonyl (C=O) groups excluding carboxylic acids is 1. The number of hydrogen-bond donors (Lipinski definition) is 1. The van der Waals surface area contributed by atoms with Crippen molar-refractivity contribution in [3.05, 3.63) is 29.6 Å². The molecule has 1 aliphatic rings. The van der Waals surface area contributed by atoms with Gasteiger partial charge in [0, 0.05) is 24.2 Å². The van der Waals surface area contributed by atoms with Gasteiger partial charge in [0.2, 0.25) is 5.91 Å². The van der Waals surface area contributed by atoms with Crippen molar-refractivity contribution in [1.82, 2.24) is 0 Å². The normalized spacial score (nSPS) is 20.6. The highest BCUT2D eigenvalue weighted by atomic mass is 35.5. The summed E-state index contributed by atoms with van der Waals surface area (Å²) in [5.41, 5.74) is 0.766. The van der Waals surface area contributed by atoms with Crippen LogP contribution in [0.25, 0.3) is 0 Å². The van der Waals surface area contributed by atoms with Gasteiger partial charge in [-0.1, -0.05) is 0 Å². The molecule has 0 bridgehead atoms. The fourth-order valence-corrected chi connectivity index (χ4v) is 2.03. The predicted octanol–water partition coefficient (Wildman–Crippen LogP) is 1.66. The van der Waals surface area contributed by atoms with Crippen LogP contribution in [-0.2, 0) is 11.4 Å². The monoisotopic (exact) mass is 243 g/mol. The zero-order chi connectivity index (χ0) is 11.7. The Balaban J connectivity index is 2.30. The van der Waals surface area contributed by atoms with Crippen LogP contribution < -0.4 is 4.90 Å². The molecule has 1 atom stereocenters. The molecule has 1 heterocycles. The van der Waals surface area contributed by atoms with E-state index in [1.165, 1.54) is 23.1 Å². The van der Waals surface area contributed by atoms with Gasteiger partial charge in [-0.25, -0.2) is 4.39 Å². The van der Waals surface area contributed by atoms with Crippen molar-refractivity contribution in [2.24, 2.45) is 0 Å². The van der Waals surface area contributed by atoms with Crippen molar-refractivity contribution < 1.29 is 14.3 Å². The van der Waals surface area contributed by atoms with Crippen LogP contribution in [0.5, 0.6) is 0 Å². The van der Waals surface area contributed by atoms with Crippen molar-refractivity contribution >= 4 is 23.2 Å². The molecule has 1 fully saturated rings. The number of hydrogen-bond acceptors (Lipinski definition) is 2. The molecule has 1 aromatic carbocycles. The molecule has 1 unspecified atom stereocenters. The number of aliphatic hydroxyl groups is 1. The Morgan fingerprint density at radius 1 is 1.56 bits per heavy atom. The molecule has 16 heavy (non-hydrogen) atoms.